The van der Waals surface area contributed by atoms with E-state index in [4.69, 9.17) is 9.84 Å². The zero-order valence-electron chi connectivity index (χ0n) is 15.6. The fourth-order valence-electron chi connectivity index (χ4n) is 3.79. The molecule has 1 saturated carbocycles. The van der Waals surface area contributed by atoms with E-state index in [-0.39, 0.29) is 18.8 Å². The molecule has 3 aromatic heterocycles. The van der Waals surface area contributed by atoms with Crippen molar-refractivity contribution >= 4 is 11.6 Å². The molecule has 0 amide bonds. The van der Waals surface area contributed by atoms with Crippen LogP contribution < -0.4 is 0 Å². The third-order valence-electron chi connectivity index (χ3n) is 5.75. The second kappa shape index (κ2) is 6.61. The molecule has 1 unspecified atom stereocenters. The first-order valence-corrected chi connectivity index (χ1v) is 9.50. The molecular formula is C19H21N5O5. The second-order valence-corrected chi connectivity index (χ2v) is 7.99. The van der Waals surface area contributed by atoms with Gasteiger partial charge in [-0.25, -0.2) is 14.5 Å². The van der Waals surface area contributed by atoms with E-state index >= 15 is 0 Å². The maximum absolute atomic E-state index is 11.1. The average Bonchev–Trinajstić information content (AvgIpc) is 3.27. The van der Waals surface area contributed by atoms with Gasteiger partial charge in [0.15, 0.2) is 5.69 Å². The van der Waals surface area contributed by atoms with Crippen molar-refractivity contribution in [1.82, 2.24) is 24.4 Å². The van der Waals surface area contributed by atoms with E-state index in [9.17, 15) is 15.0 Å². The van der Waals surface area contributed by atoms with Crippen molar-refractivity contribution in [2.75, 3.05) is 19.8 Å². The number of aliphatic hydroxyl groups excluding tert-OH is 2. The van der Waals surface area contributed by atoms with Crippen molar-refractivity contribution in [2.24, 2.45) is 5.41 Å². The van der Waals surface area contributed by atoms with Gasteiger partial charge in [-0.2, -0.15) is 0 Å². The van der Waals surface area contributed by atoms with Crippen LogP contribution in [0.25, 0.3) is 5.65 Å². The van der Waals surface area contributed by atoms with E-state index in [0.717, 1.165) is 18.4 Å². The summed E-state index contributed by atoms with van der Waals surface area (Å²) in [7, 11) is 0. The molecule has 29 heavy (non-hydrogen) atoms. The van der Waals surface area contributed by atoms with Crippen LogP contribution in [0, 0.1) is 5.41 Å². The number of aliphatic hydroxyl groups is 2. The number of carboxylic acid groups (broad SMARTS) is 1. The minimum atomic E-state index is -1.14. The third-order valence-corrected chi connectivity index (χ3v) is 5.75. The van der Waals surface area contributed by atoms with Crippen LogP contribution in [0.5, 0.6) is 0 Å². The maximum atomic E-state index is 11.1. The second-order valence-electron chi connectivity index (χ2n) is 7.99. The first-order valence-electron chi connectivity index (χ1n) is 9.50. The average molecular weight is 399 g/mol. The quantitative estimate of drug-likeness (QED) is 0.525. The van der Waals surface area contributed by atoms with Crippen molar-refractivity contribution < 1.29 is 24.9 Å². The molecule has 3 aromatic rings. The van der Waals surface area contributed by atoms with Crippen molar-refractivity contribution in [1.29, 1.82) is 0 Å². The van der Waals surface area contributed by atoms with E-state index in [2.05, 4.69) is 15.3 Å². The van der Waals surface area contributed by atoms with Gasteiger partial charge in [-0.3, -0.25) is 0 Å². The summed E-state index contributed by atoms with van der Waals surface area (Å²) in [6.07, 6.45) is 6.56. The van der Waals surface area contributed by atoms with Crippen LogP contribution in [0.4, 0.5) is 0 Å². The molecule has 0 bridgehead atoms. The minimum absolute atomic E-state index is 0.129. The van der Waals surface area contributed by atoms with Gasteiger partial charge in [0, 0.05) is 18.0 Å². The Kier molecular flexibility index (Phi) is 4.16. The highest BCUT2D eigenvalue weighted by Gasteiger charge is 2.46. The fourth-order valence-corrected chi connectivity index (χ4v) is 3.79. The number of aromatic nitrogens is 5. The summed E-state index contributed by atoms with van der Waals surface area (Å²) in [6, 6.07) is 1.99. The van der Waals surface area contributed by atoms with E-state index in [1.165, 1.54) is 10.9 Å². The molecule has 5 rings (SSSR count). The van der Waals surface area contributed by atoms with Gasteiger partial charge in [-0.15, -0.1) is 5.10 Å². The van der Waals surface area contributed by atoms with Gasteiger partial charge in [0.1, 0.15) is 5.65 Å². The van der Waals surface area contributed by atoms with Crippen LogP contribution in [0.15, 0.2) is 24.7 Å². The van der Waals surface area contributed by atoms with Crippen LogP contribution in [-0.4, -0.2) is 65.5 Å². The van der Waals surface area contributed by atoms with Crippen molar-refractivity contribution in [3.63, 3.8) is 0 Å². The molecule has 1 aliphatic heterocycles. The molecule has 10 nitrogen and oxygen atoms in total. The molecular weight excluding hydrogens is 378 g/mol. The number of fused-ring (bicyclic) bond motifs is 1. The Morgan fingerprint density at radius 1 is 1.31 bits per heavy atom. The molecule has 0 radical (unpaired) electrons. The van der Waals surface area contributed by atoms with E-state index in [1.54, 1.807) is 0 Å². The minimum Gasteiger partial charge on any atom is -0.476 e. The monoisotopic (exact) mass is 399 g/mol. The summed E-state index contributed by atoms with van der Waals surface area (Å²) in [4.78, 5) is 15.7. The Hall–Kier alpha value is -2.82. The van der Waals surface area contributed by atoms with E-state index < -0.39 is 17.5 Å². The van der Waals surface area contributed by atoms with Crippen molar-refractivity contribution in [3.8, 4) is 0 Å². The Morgan fingerprint density at radius 2 is 2.10 bits per heavy atom. The van der Waals surface area contributed by atoms with Crippen LogP contribution in [-0.2, 0) is 11.3 Å². The third kappa shape index (κ3) is 3.09. The number of pyridine rings is 1. The van der Waals surface area contributed by atoms with Gasteiger partial charge < -0.3 is 24.5 Å². The Labute approximate surface area is 165 Å². The molecule has 0 aromatic carbocycles. The van der Waals surface area contributed by atoms with Crippen molar-refractivity contribution in [2.45, 2.75) is 31.4 Å². The number of imidazole rings is 1. The Balaban J connectivity index is 1.54. The molecule has 1 atom stereocenters. The number of rotatable bonds is 7. The van der Waals surface area contributed by atoms with Gasteiger partial charge in [-0.05, 0) is 30.4 Å². The summed E-state index contributed by atoms with van der Waals surface area (Å²) in [5.41, 5.74) is 2.24. The van der Waals surface area contributed by atoms with E-state index in [1.807, 2.05) is 22.9 Å². The SMILES string of the molecule is O=C(O)c1cn(Cc2cn3cc(C4CC4)cc(C(O)C4(CO)COC4)c3n2)nn1. The fraction of sp³-hybridized carbons (Fsp3) is 0.474. The molecule has 152 valence electrons. The number of ether oxygens (including phenoxy) is 1. The predicted molar refractivity (Wildman–Crippen MR) is 98.5 cm³/mol. The molecule has 2 fully saturated rings. The lowest BCUT2D eigenvalue weighted by Crippen LogP contribution is -2.50. The van der Waals surface area contributed by atoms with Crippen LogP contribution in [0.2, 0.25) is 0 Å². The zero-order chi connectivity index (χ0) is 20.2. The Bertz CT molecular complexity index is 1080. The number of nitrogens with zero attached hydrogens (tertiary/aromatic N) is 5. The topological polar surface area (TPSA) is 135 Å². The molecule has 4 heterocycles. The summed E-state index contributed by atoms with van der Waals surface area (Å²) < 4.78 is 8.57. The number of aromatic carboxylic acids is 1. The first-order chi connectivity index (χ1) is 14.0. The highest BCUT2D eigenvalue weighted by molar-refractivity contribution is 5.84. The standard InChI is InChI=1S/C19H21N5O5/c25-8-19(9-29-10-19)16(26)14-3-12(11-1-2-11)4-23-5-13(20-17(14)23)6-24-7-15(18(27)28)21-22-24/h3-5,7,11,16,25-26H,1-2,6,8-10H2,(H,27,28). The van der Waals surface area contributed by atoms with Crippen LogP contribution >= 0.6 is 0 Å². The highest BCUT2D eigenvalue weighted by Crippen LogP contribution is 2.45. The lowest BCUT2D eigenvalue weighted by atomic mass is 9.77. The Morgan fingerprint density at radius 3 is 2.69 bits per heavy atom. The molecule has 0 spiro atoms. The first kappa shape index (κ1) is 18.2. The van der Waals surface area contributed by atoms with Crippen molar-refractivity contribution in [3.05, 3.63) is 47.2 Å². The van der Waals surface area contributed by atoms with Crippen LogP contribution in [0.1, 0.15) is 52.2 Å². The number of hydrogen-bond acceptors (Lipinski definition) is 7. The lowest BCUT2D eigenvalue weighted by Gasteiger charge is -2.43. The normalized spacial score (nSPS) is 19.2. The van der Waals surface area contributed by atoms with Gasteiger partial charge >= 0.3 is 5.97 Å². The summed E-state index contributed by atoms with van der Waals surface area (Å²) in [5.74, 6) is -0.657. The summed E-state index contributed by atoms with van der Waals surface area (Å²) >= 11 is 0. The van der Waals surface area contributed by atoms with Gasteiger partial charge in [0.2, 0.25) is 0 Å². The zero-order valence-corrected chi connectivity index (χ0v) is 15.6. The molecule has 10 heteroatoms. The molecule has 3 N–H and O–H groups in total. The largest absolute Gasteiger partial charge is 0.476 e. The van der Waals surface area contributed by atoms with Gasteiger partial charge in [0.05, 0.1) is 49.8 Å². The molecule has 1 aliphatic carbocycles. The summed E-state index contributed by atoms with van der Waals surface area (Å²) in [6.45, 7) is 0.687. The maximum Gasteiger partial charge on any atom is 0.358 e. The number of carboxylic acids is 1. The molecule has 1 saturated heterocycles. The number of carbonyl (C=O) groups is 1. The lowest BCUT2D eigenvalue weighted by molar-refractivity contribution is -0.192. The van der Waals surface area contributed by atoms with Crippen LogP contribution in [0.3, 0.4) is 0 Å². The smallest absolute Gasteiger partial charge is 0.358 e. The highest BCUT2D eigenvalue weighted by atomic mass is 16.5. The van der Waals surface area contributed by atoms with Gasteiger partial charge in [0.25, 0.3) is 0 Å². The number of hydrogen-bond donors (Lipinski definition) is 3. The summed E-state index contributed by atoms with van der Waals surface area (Å²) in [5, 5.41) is 37.4. The van der Waals surface area contributed by atoms with Gasteiger partial charge in [-0.1, -0.05) is 5.21 Å². The predicted octanol–water partition coefficient (Wildman–Crippen LogP) is 0.592. The molecule has 2 aliphatic rings. The van der Waals surface area contributed by atoms with E-state index in [0.29, 0.717) is 36.0 Å².